The number of hydrogen-bond acceptors (Lipinski definition) is 6. The molecule has 0 aliphatic rings. The maximum atomic E-state index is 12.7. The van der Waals surface area contributed by atoms with Crippen molar-refractivity contribution in [3.05, 3.63) is 41.2 Å². The van der Waals surface area contributed by atoms with E-state index in [1.54, 1.807) is 27.3 Å². The van der Waals surface area contributed by atoms with Crippen LogP contribution in [0.25, 0.3) is 11.0 Å². The van der Waals surface area contributed by atoms with Gasteiger partial charge in [0, 0.05) is 30.0 Å². The molecule has 3 rings (SSSR count). The van der Waals surface area contributed by atoms with Crippen molar-refractivity contribution in [3.63, 3.8) is 0 Å². The van der Waals surface area contributed by atoms with Gasteiger partial charge in [0.25, 0.3) is 0 Å². The standard InChI is InChI=1S/C17H19N3O3S.C2H6O.Na.H/c1-10-8-18-15(11(2)16(10)23-4)9-24(21)17-19-13-6-5-12(22-3)7-14(13)20-17;1-2-3;;/h5-8H,9H2,1-4H3,(H,19,20);3H,2H2,1H3;;/q;;+1;-1. The van der Waals surface area contributed by atoms with E-state index in [9.17, 15) is 4.21 Å². The summed E-state index contributed by atoms with van der Waals surface area (Å²) in [7, 11) is 1.91. The minimum Gasteiger partial charge on any atom is -1.00 e. The molecule has 28 heavy (non-hydrogen) atoms. The first-order valence-corrected chi connectivity index (χ1v) is 9.79. The topological polar surface area (TPSA) is 97.3 Å². The Kier molecular flexibility index (Phi) is 10.1. The average Bonchev–Trinajstić information content (AvgIpc) is 3.08. The third kappa shape index (κ3) is 5.78. The third-order valence-corrected chi connectivity index (χ3v) is 5.06. The number of fused-ring (bicyclic) bond motifs is 1. The van der Waals surface area contributed by atoms with Crippen LogP contribution in [-0.4, -0.2) is 45.1 Å². The summed E-state index contributed by atoms with van der Waals surface area (Å²) in [5.41, 5.74) is 4.16. The van der Waals surface area contributed by atoms with Crippen LogP contribution in [0.1, 0.15) is 25.2 Å². The van der Waals surface area contributed by atoms with Gasteiger partial charge in [-0.15, -0.1) is 0 Å². The van der Waals surface area contributed by atoms with Gasteiger partial charge in [-0.05, 0) is 32.9 Å². The van der Waals surface area contributed by atoms with E-state index >= 15 is 0 Å². The number of hydrogen-bond donors (Lipinski definition) is 2. The molecule has 0 saturated heterocycles. The Balaban J connectivity index is 0.00000148. The van der Waals surface area contributed by atoms with Crippen molar-refractivity contribution >= 4 is 21.8 Å². The number of aryl methyl sites for hydroxylation is 1. The van der Waals surface area contributed by atoms with Crippen molar-refractivity contribution in [1.29, 1.82) is 0 Å². The fourth-order valence-corrected chi connectivity index (χ4v) is 3.71. The number of aromatic amines is 1. The molecule has 3 aromatic rings. The summed E-state index contributed by atoms with van der Waals surface area (Å²) in [6, 6.07) is 5.50. The average molecular weight is 415 g/mol. The van der Waals surface area contributed by atoms with Crippen molar-refractivity contribution in [2.75, 3.05) is 20.8 Å². The molecule has 0 spiro atoms. The maximum Gasteiger partial charge on any atom is 1.00 e. The minimum absolute atomic E-state index is 0. The van der Waals surface area contributed by atoms with E-state index in [0.29, 0.717) is 5.16 Å². The van der Waals surface area contributed by atoms with E-state index in [1.165, 1.54) is 0 Å². The van der Waals surface area contributed by atoms with Crippen molar-refractivity contribution in [3.8, 4) is 11.5 Å². The molecule has 1 unspecified atom stereocenters. The molecule has 0 aliphatic heterocycles. The molecule has 1 atom stereocenters. The minimum atomic E-state index is -1.33. The number of H-pyrrole nitrogens is 1. The number of nitrogens with one attached hydrogen (secondary N) is 1. The largest absolute Gasteiger partial charge is 1.00 e. The Labute approximate surface area is 191 Å². The normalized spacial score (nSPS) is 11.2. The predicted molar refractivity (Wildman–Crippen MR) is 107 cm³/mol. The number of rotatable bonds is 5. The molecular formula is C19H26N3NaO4S. The second-order valence-electron chi connectivity index (χ2n) is 5.78. The summed E-state index contributed by atoms with van der Waals surface area (Å²) < 4.78 is 23.3. The Morgan fingerprint density at radius 1 is 1.25 bits per heavy atom. The van der Waals surface area contributed by atoms with E-state index in [-0.39, 0.29) is 43.3 Å². The summed E-state index contributed by atoms with van der Waals surface area (Å²) in [6.07, 6.45) is 1.74. The molecular weight excluding hydrogens is 389 g/mol. The van der Waals surface area contributed by atoms with Gasteiger partial charge < -0.3 is 21.0 Å². The molecule has 2 aromatic heterocycles. The number of aliphatic hydroxyl groups is 1. The first-order valence-electron chi connectivity index (χ1n) is 8.47. The summed E-state index contributed by atoms with van der Waals surface area (Å²) in [4.78, 5) is 11.9. The van der Waals surface area contributed by atoms with Crippen LogP contribution in [0, 0.1) is 13.8 Å². The van der Waals surface area contributed by atoms with Crippen molar-refractivity contribution in [2.45, 2.75) is 31.7 Å². The number of aromatic nitrogens is 3. The number of imidazole rings is 1. The number of pyridine rings is 1. The first kappa shape index (κ1) is 24.6. The monoisotopic (exact) mass is 415 g/mol. The predicted octanol–water partition coefficient (Wildman–Crippen LogP) is 0.0148. The SMILES string of the molecule is CCO.COc1ccc2nc(S(=O)Cc3ncc(C)c(OC)c3C)[nH]c2c1.[H-].[Na+]. The Morgan fingerprint density at radius 3 is 2.54 bits per heavy atom. The van der Waals surface area contributed by atoms with Gasteiger partial charge >= 0.3 is 29.6 Å². The third-order valence-electron chi connectivity index (χ3n) is 3.90. The summed E-state index contributed by atoms with van der Waals surface area (Å²) in [5.74, 6) is 1.79. The number of nitrogens with zero attached hydrogens (tertiary/aromatic N) is 2. The van der Waals surface area contributed by atoms with Gasteiger partial charge in [0.15, 0.2) is 5.16 Å². The van der Waals surface area contributed by atoms with Gasteiger partial charge in [-0.1, -0.05) is 0 Å². The smallest absolute Gasteiger partial charge is 1.00 e. The quantitative estimate of drug-likeness (QED) is 0.570. The molecule has 1 aromatic carbocycles. The zero-order valence-electron chi connectivity index (χ0n) is 18.2. The van der Waals surface area contributed by atoms with Crippen LogP contribution >= 0.6 is 0 Å². The molecule has 0 bridgehead atoms. The molecule has 0 radical (unpaired) electrons. The Morgan fingerprint density at radius 2 is 1.93 bits per heavy atom. The van der Waals surface area contributed by atoms with Crippen LogP contribution in [0.15, 0.2) is 29.6 Å². The van der Waals surface area contributed by atoms with Gasteiger partial charge in [-0.3, -0.25) is 9.19 Å². The van der Waals surface area contributed by atoms with Gasteiger partial charge in [-0.2, -0.15) is 0 Å². The zero-order chi connectivity index (χ0) is 20.0. The Hall–Kier alpha value is -1.45. The van der Waals surface area contributed by atoms with Crippen molar-refractivity contribution in [1.82, 2.24) is 15.0 Å². The van der Waals surface area contributed by atoms with Crippen LogP contribution in [0.2, 0.25) is 0 Å². The summed E-state index contributed by atoms with van der Waals surface area (Å²) >= 11 is 0. The summed E-state index contributed by atoms with van der Waals surface area (Å²) in [5, 5.41) is 8.00. The molecule has 0 amide bonds. The van der Waals surface area contributed by atoms with Crippen LogP contribution in [0.5, 0.6) is 11.5 Å². The fraction of sp³-hybridized carbons (Fsp3) is 0.368. The van der Waals surface area contributed by atoms with Crippen molar-refractivity contribution < 1.29 is 49.8 Å². The van der Waals surface area contributed by atoms with E-state index in [0.717, 1.165) is 39.4 Å². The maximum absolute atomic E-state index is 12.7. The van der Waals surface area contributed by atoms with Gasteiger partial charge in [-0.25, -0.2) is 4.98 Å². The van der Waals surface area contributed by atoms with E-state index < -0.39 is 10.8 Å². The number of ether oxygens (including phenoxy) is 2. The van der Waals surface area contributed by atoms with Crippen LogP contribution in [0.3, 0.4) is 0 Å². The molecule has 2 heterocycles. The van der Waals surface area contributed by atoms with Crippen molar-refractivity contribution in [2.24, 2.45) is 0 Å². The molecule has 0 aliphatic carbocycles. The Bertz CT molecular complexity index is 953. The number of aliphatic hydroxyl groups excluding tert-OH is 1. The second-order valence-corrected chi connectivity index (χ2v) is 7.14. The summed E-state index contributed by atoms with van der Waals surface area (Å²) in [6.45, 7) is 5.79. The molecule has 0 saturated carbocycles. The van der Waals surface area contributed by atoms with Gasteiger partial charge in [0.05, 0.1) is 47.5 Å². The van der Waals surface area contributed by atoms with Gasteiger partial charge in [0.1, 0.15) is 11.5 Å². The molecule has 9 heteroatoms. The van der Waals surface area contributed by atoms with Crippen LogP contribution in [0.4, 0.5) is 0 Å². The van der Waals surface area contributed by atoms with Crippen LogP contribution < -0.4 is 39.0 Å². The van der Waals surface area contributed by atoms with E-state index in [1.807, 2.05) is 32.0 Å². The first-order chi connectivity index (χ1) is 12.9. The fourth-order valence-electron chi connectivity index (χ4n) is 2.61. The van der Waals surface area contributed by atoms with Crippen LogP contribution in [-0.2, 0) is 16.6 Å². The molecule has 2 N–H and O–H groups in total. The number of methoxy groups -OCH3 is 2. The molecule has 0 fully saturated rings. The second kappa shape index (κ2) is 11.5. The van der Waals surface area contributed by atoms with Gasteiger partial charge in [0.2, 0.25) is 0 Å². The number of benzene rings is 1. The van der Waals surface area contributed by atoms with E-state index in [4.69, 9.17) is 14.6 Å². The molecule has 148 valence electrons. The van der Waals surface area contributed by atoms with E-state index in [2.05, 4.69) is 15.0 Å². The molecule has 7 nitrogen and oxygen atoms in total. The zero-order valence-corrected chi connectivity index (χ0v) is 20.0.